The van der Waals surface area contributed by atoms with Crippen LogP contribution in [-0.2, 0) is 4.74 Å². The van der Waals surface area contributed by atoms with Gasteiger partial charge in [0.05, 0.1) is 6.20 Å². The molecule has 0 spiro atoms. The number of hydrogen-bond acceptors (Lipinski definition) is 8. The van der Waals surface area contributed by atoms with Gasteiger partial charge in [-0.1, -0.05) is 30.3 Å². The zero-order chi connectivity index (χ0) is 22.3. The van der Waals surface area contributed by atoms with E-state index in [1.807, 2.05) is 30.3 Å². The van der Waals surface area contributed by atoms with Crippen LogP contribution in [0.15, 0.2) is 67.0 Å². The molecule has 2 aromatic carbocycles. The molecule has 0 bridgehead atoms. The summed E-state index contributed by atoms with van der Waals surface area (Å²) >= 11 is 0. The van der Waals surface area contributed by atoms with Crippen LogP contribution in [0.5, 0.6) is 11.8 Å². The maximum Gasteiger partial charge on any atom is 0.321 e. The lowest BCUT2D eigenvalue weighted by atomic mass is 10.00. The molecule has 2 aromatic heterocycles. The van der Waals surface area contributed by atoms with Crippen molar-refractivity contribution in [1.82, 2.24) is 19.9 Å². The van der Waals surface area contributed by atoms with Gasteiger partial charge < -0.3 is 53.5 Å². The number of halogens is 2. The quantitative estimate of drug-likeness (QED) is 0.244. The Morgan fingerprint density at radius 3 is 2.46 bits per heavy atom. The number of rotatable bonds is 8. The average Bonchev–Trinajstić information content (AvgIpc) is 2.88. The van der Waals surface area contributed by atoms with E-state index in [9.17, 15) is 0 Å². The molecule has 1 aliphatic heterocycles. The first-order chi connectivity index (χ1) is 16.3. The molecule has 4 aromatic rings. The van der Waals surface area contributed by atoms with Gasteiger partial charge in [0.15, 0.2) is 0 Å². The van der Waals surface area contributed by atoms with Crippen molar-refractivity contribution in [2.75, 3.05) is 31.7 Å². The van der Waals surface area contributed by atoms with Crippen molar-refractivity contribution in [3.05, 3.63) is 72.8 Å². The zero-order valence-electron chi connectivity index (χ0n) is 18.9. The Morgan fingerprint density at radius 1 is 0.857 bits per heavy atom. The average molecular weight is 603 g/mol. The molecule has 1 saturated heterocycles. The molecular formula is C25H25Br2N5O3-2. The van der Waals surface area contributed by atoms with Crippen molar-refractivity contribution in [3.8, 4) is 11.8 Å². The van der Waals surface area contributed by atoms with Crippen molar-refractivity contribution in [2.24, 2.45) is 0 Å². The largest absolute Gasteiger partial charge is 1.00 e. The summed E-state index contributed by atoms with van der Waals surface area (Å²) in [7, 11) is 0. The first kappa shape index (κ1) is 26.8. The number of fused-ring (bicyclic) bond motifs is 1. The Morgan fingerprint density at radius 2 is 1.66 bits per heavy atom. The molecule has 8 nitrogen and oxygen atoms in total. The minimum atomic E-state index is 0. The van der Waals surface area contributed by atoms with Crippen molar-refractivity contribution in [1.29, 1.82) is 0 Å². The molecule has 1 fully saturated rings. The van der Waals surface area contributed by atoms with Crippen molar-refractivity contribution in [3.63, 3.8) is 0 Å². The summed E-state index contributed by atoms with van der Waals surface area (Å²) in [6.45, 7) is 2.08. The highest BCUT2D eigenvalue weighted by atomic mass is 79.9. The molecule has 1 N–H and O–H groups in total. The van der Waals surface area contributed by atoms with Crippen LogP contribution in [0.25, 0.3) is 10.8 Å². The van der Waals surface area contributed by atoms with Gasteiger partial charge in [0.2, 0.25) is 5.95 Å². The molecule has 35 heavy (non-hydrogen) atoms. The summed E-state index contributed by atoms with van der Waals surface area (Å²) in [6, 6.07) is 18.4. The summed E-state index contributed by atoms with van der Waals surface area (Å²) in [4.78, 5) is 17.8. The highest BCUT2D eigenvalue weighted by molar-refractivity contribution is 5.86. The molecule has 0 radical (unpaired) electrons. The van der Waals surface area contributed by atoms with Crippen molar-refractivity contribution in [2.45, 2.75) is 18.8 Å². The fraction of sp³-hybridized carbons (Fsp3) is 0.280. The SMILES string of the molecule is [Br-].[Br-].c1cncc(OCCOc2nc(Nc3ccc4ccccc4c3)nc(C3CCOCC3)n2)c1. The van der Waals surface area contributed by atoms with Gasteiger partial charge in [-0.3, -0.25) is 4.98 Å². The van der Waals surface area contributed by atoms with Crippen LogP contribution in [0.4, 0.5) is 11.6 Å². The second-order valence-corrected chi connectivity index (χ2v) is 7.76. The van der Waals surface area contributed by atoms with Crippen LogP contribution in [0.1, 0.15) is 24.6 Å². The monoisotopic (exact) mass is 601 g/mol. The van der Waals surface area contributed by atoms with Crippen molar-refractivity contribution < 1.29 is 48.2 Å². The van der Waals surface area contributed by atoms with Gasteiger partial charge in [-0.05, 0) is 47.9 Å². The number of aromatic nitrogens is 4. The number of ether oxygens (including phenoxy) is 3. The van der Waals surface area contributed by atoms with Crippen LogP contribution < -0.4 is 48.8 Å². The number of benzene rings is 2. The fourth-order valence-corrected chi connectivity index (χ4v) is 3.75. The van der Waals surface area contributed by atoms with E-state index in [1.54, 1.807) is 12.4 Å². The van der Waals surface area contributed by atoms with Crippen LogP contribution in [-0.4, -0.2) is 46.4 Å². The van der Waals surface area contributed by atoms with E-state index in [-0.39, 0.29) is 45.9 Å². The highest BCUT2D eigenvalue weighted by Gasteiger charge is 2.21. The summed E-state index contributed by atoms with van der Waals surface area (Å²) in [6.07, 6.45) is 5.12. The smallest absolute Gasteiger partial charge is 0.321 e. The van der Waals surface area contributed by atoms with Crippen LogP contribution in [0.2, 0.25) is 0 Å². The van der Waals surface area contributed by atoms with Crippen LogP contribution in [0, 0.1) is 0 Å². The third-order valence-electron chi connectivity index (χ3n) is 5.44. The summed E-state index contributed by atoms with van der Waals surface area (Å²) in [5.74, 6) is 2.09. The van der Waals surface area contributed by atoms with E-state index in [2.05, 4.69) is 44.5 Å². The lowest BCUT2D eigenvalue weighted by molar-refractivity contribution is -0.00100. The predicted molar refractivity (Wildman–Crippen MR) is 125 cm³/mol. The topological polar surface area (TPSA) is 91.3 Å². The molecule has 184 valence electrons. The van der Waals surface area contributed by atoms with Crippen LogP contribution >= 0.6 is 0 Å². The first-order valence-corrected chi connectivity index (χ1v) is 11.1. The van der Waals surface area contributed by atoms with E-state index in [0.29, 0.717) is 38.1 Å². The van der Waals surface area contributed by atoms with Gasteiger partial charge in [0, 0.05) is 31.0 Å². The number of nitrogens with one attached hydrogen (secondary N) is 1. The second-order valence-electron chi connectivity index (χ2n) is 7.76. The molecule has 1 aliphatic rings. The summed E-state index contributed by atoms with van der Waals surface area (Å²) < 4.78 is 17.0. The van der Waals surface area contributed by atoms with E-state index in [0.717, 1.165) is 29.7 Å². The summed E-state index contributed by atoms with van der Waals surface area (Å²) in [5.41, 5.74) is 0.906. The van der Waals surface area contributed by atoms with Crippen molar-refractivity contribution >= 4 is 22.4 Å². The van der Waals surface area contributed by atoms with Gasteiger partial charge in [0.25, 0.3) is 0 Å². The van der Waals surface area contributed by atoms with Gasteiger partial charge in [-0.25, -0.2) is 0 Å². The molecule has 0 aliphatic carbocycles. The number of nitrogens with zero attached hydrogens (tertiary/aromatic N) is 4. The van der Waals surface area contributed by atoms with Gasteiger partial charge in [-0.2, -0.15) is 15.0 Å². The molecule has 0 amide bonds. The Balaban J connectivity index is 0.00000171. The normalized spacial score (nSPS) is 13.4. The minimum Gasteiger partial charge on any atom is -1.00 e. The Bertz CT molecular complexity index is 1210. The molecule has 0 saturated carbocycles. The Labute approximate surface area is 225 Å². The number of pyridine rings is 1. The lowest BCUT2D eigenvalue weighted by Gasteiger charge is -2.21. The standard InChI is InChI=1S/C25H25N5O3.2BrH/c1-2-5-20-16-21(8-7-18(20)4-1)27-24-28-23(19-9-12-31-13-10-19)29-25(30-24)33-15-14-32-22-6-3-11-26-17-22;;/h1-8,11,16-17,19H,9-10,12-15H2,(H,27,28,29,30);2*1H/p-2. The van der Waals surface area contributed by atoms with E-state index >= 15 is 0 Å². The molecule has 5 rings (SSSR count). The fourth-order valence-electron chi connectivity index (χ4n) is 3.75. The number of hydrogen-bond donors (Lipinski definition) is 1. The Kier molecular flexibility index (Phi) is 10.2. The first-order valence-electron chi connectivity index (χ1n) is 11.1. The maximum atomic E-state index is 5.83. The number of anilines is 2. The second kappa shape index (κ2) is 13.3. The van der Waals surface area contributed by atoms with Crippen LogP contribution in [0.3, 0.4) is 0 Å². The van der Waals surface area contributed by atoms with E-state index < -0.39 is 0 Å². The molecule has 3 heterocycles. The molecular weight excluding hydrogens is 578 g/mol. The van der Waals surface area contributed by atoms with E-state index in [1.165, 1.54) is 5.39 Å². The maximum absolute atomic E-state index is 5.83. The Hall–Kier alpha value is -2.82. The van der Waals surface area contributed by atoms with E-state index in [4.69, 9.17) is 19.2 Å². The third-order valence-corrected chi connectivity index (χ3v) is 5.44. The summed E-state index contributed by atoms with van der Waals surface area (Å²) in [5, 5.41) is 5.64. The molecule has 0 unspecified atom stereocenters. The third kappa shape index (κ3) is 7.33. The highest BCUT2D eigenvalue weighted by Crippen LogP contribution is 2.27. The minimum absolute atomic E-state index is 0. The zero-order valence-corrected chi connectivity index (χ0v) is 22.1. The van der Waals surface area contributed by atoms with Gasteiger partial charge in [0.1, 0.15) is 24.8 Å². The van der Waals surface area contributed by atoms with Gasteiger partial charge >= 0.3 is 6.01 Å². The molecule has 0 atom stereocenters. The molecule has 10 heteroatoms. The predicted octanol–water partition coefficient (Wildman–Crippen LogP) is -1.48. The lowest BCUT2D eigenvalue weighted by Crippen LogP contribution is -3.00. The van der Waals surface area contributed by atoms with Gasteiger partial charge in [-0.15, -0.1) is 0 Å².